The molecule has 12 heavy (non-hydrogen) atoms. The lowest BCUT2D eigenvalue weighted by molar-refractivity contribution is -0.154. The average Bonchev–Trinajstić information content (AvgIpc) is 2.33. The van der Waals surface area contributed by atoms with E-state index in [1.54, 1.807) is 0 Å². The third kappa shape index (κ3) is 1.75. The summed E-state index contributed by atoms with van der Waals surface area (Å²) in [4.78, 5) is 0. The number of hydrogen-bond acceptors (Lipinski definition) is 5. The first kappa shape index (κ1) is 9.88. The van der Waals surface area contributed by atoms with E-state index in [1.165, 1.54) is 14.2 Å². The summed E-state index contributed by atoms with van der Waals surface area (Å²) in [5, 5.41) is 18.7. The maximum Gasteiger partial charge on any atom is 0.186 e. The summed E-state index contributed by atoms with van der Waals surface area (Å²) in [6.45, 7) is 0.248. The van der Waals surface area contributed by atoms with Crippen LogP contribution in [0.5, 0.6) is 0 Å². The van der Waals surface area contributed by atoms with Crippen molar-refractivity contribution in [3.8, 4) is 0 Å². The van der Waals surface area contributed by atoms with E-state index in [2.05, 4.69) is 0 Å². The van der Waals surface area contributed by atoms with Crippen LogP contribution < -0.4 is 0 Å². The Morgan fingerprint density at radius 2 is 1.92 bits per heavy atom. The van der Waals surface area contributed by atoms with Gasteiger partial charge >= 0.3 is 0 Å². The van der Waals surface area contributed by atoms with Crippen LogP contribution in [0.3, 0.4) is 0 Å². The van der Waals surface area contributed by atoms with E-state index < -0.39 is 24.6 Å². The molecule has 5 nitrogen and oxygen atoms in total. The third-order valence-corrected chi connectivity index (χ3v) is 1.88. The fraction of sp³-hybridized carbons (Fsp3) is 1.00. The van der Waals surface area contributed by atoms with Crippen molar-refractivity contribution in [2.75, 3.05) is 20.8 Å². The van der Waals surface area contributed by atoms with E-state index >= 15 is 0 Å². The second-order valence-electron chi connectivity index (χ2n) is 2.72. The summed E-state index contributed by atoms with van der Waals surface area (Å²) >= 11 is 0. The Balaban J connectivity index is 2.48. The molecule has 1 saturated heterocycles. The van der Waals surface area contributed by atoms with Gasteiger partial charge in [0.25, 0.3) is 0 Å². The van der Waals surface area contributed by atoms with Crippen molar-refractivity contribution in [3.05, 3.63) is 0 Å². The van der Waals surface area contributed by atoms with Crippen molar-refractivity contribution < 1.29 is 24.4 Å². The molecule has 0 amide bonds. The zero-order valence-electron chi connectivity index (χ0n) is 7.14. The van der Waals surface area contributed by atoms with Crippen molar-refractivity contribution in [1.29, 1.82) is 0 Å². The summed E-state index contributed by atoms with van der Waals surface area (Å²) in [7, 11) is 2.92. The lowest BCUT2D eigenvalue weighted by atomic mass is 10.1. The largest absolute Gasteiger partial charge is 0.387 e. The molecule has 0 bridgehead atoms. The number of aliphatic hydroxyl groups is 2. The molecule has 2 N–H and O–H groups in total. The molecule has 0 spiro atoms. The van der Waals surface area contributed by atoms with Crippen LogP contribution in [0.25, 0.3) is 0 Å². The fourth-order valence-electron chi connectivity index (χ4n) is 1.21. The summed E-state index contributed by atoms with van der Waals surface area (Å²) in [5.41, 5.74) is 0. The van der Waals surface area contributed by atoms with Crippen molar-refractivity contribution in [2.45, 2.75) is 24.6 Å². The van der Waals surface area contributed by atoms with Gasteiger partial charge in [-0.1, -0.05) is 0 Å². The zero-order chi connectivity index (χ0) is 9.14. The van der Waals surface area contributed by atoms with Crippen LogP contribution in [0.15, 0.2) is 0 Å². The van der Waals surface area contributed by atoms with Crippen LogP contribution in [0.1, 0.15) is 0 Å². The molecule has 1 aliphatic heterocycles. The molecule has 0 aromatic heterocycles. The maximum absolute atomic E-state index is 9.36. The highest BCUT2D eigenvalue weighted by Gasteiger charge is 2.42. The molecule has 0 aromatic carbocycles. The highest BCUT2D eigenvalue weighted by Crippen LogP contribution is 2.21. The molecule has 1 fully saturated rings. The van der Waals surface area contributed by atoms with Gasteiger partial charge < -0.3 is 24.4 Å². The fourth-order valence-corrected chi connectivity index (χ4v) is 1.21. The molecule has 4 atom stereocenters. The van der Waals surface area contributed by atoms with E-state index in [4.69, 9.17) is 14.2 Å². The number of rotatable bonds is 3. The van der Waals surface area contributed by atoms with Gasteiger partial charge in [-0.2, -0.15) is 0 Å². The van der Waals surface area contributed by atoms with Crippen LogP contribution in [-0.4, -0.2) is 55.6 Å². The standard InChI is InChI=1S/C7H14O5/c1-10-3-4-5(8)6(9)7(11-2)12-4/h4-9H,3H2,1-2H3/t4-,5-,6-,7?/m1/s1. The minimum Gasteiger partial charge on any atom is -0.387 e. The van der Waals surface area contributed by atoms with Crippen LogP contribution >= 0.6 is 0 Å². The zero-order valence-corrected chi connectivity index (χ0v) is 7.14. The number of hydrogen-bond donors (Lipinski definition) is 2. The van der Waals surface area contributed by atoms with Gasteiger partial charge in [0.2, 0.25) is 0 Å². The molecule has 0 radical (unpaired) electrons. The summed E-state index contributed by atoms with van der Waals surface area (Å²) < 4.78 is 14.7. The van der Waals surface area contributed by atoms with Crippen molar-refractivity contribution in [3.63, 3.8) is 0 Å². The Morgan fingerprint density at radius 1 is 1.25 bits per heavy atom. The average molecular weight is 178 g/mol. The quantitative estimate of drug-likeness (QED) is 0.563. The van der Waals surface area contributed by atoms with E-state index in [0.717, 1.165) is 0 Å². The molecule has 0 aromatic rings. The van der Waals surface area contributed by atoms with E-state index in [-0.39, 0.29) is 6.61 Å². The topological polar surface area (TPSA) is 68.2 Å². The number of methoxy groups -OCH3 is 2. The minimum absolute atomic E-state index is 0.248. The second kappa shape index (κ2) is 4.15. The van der Waals surface area contributed by atoms with Crippen molar-refractivity contribution in [1.82, 2.24) is 0 Å². The first-order valence-electron chi connectivity index (χ1n) is 3.74. The Labute approximate surface area is 70.9 Å². The van der Waals surface area contributed by atoms with Crippen molar-refractivity contribution >= 4 is 0 Å². The molecule has 0 aliphatic carbocycles. The molecule has 1 heterocycles. The summed E-state index contributed by atoms with van der Waals surface area (Å²) in [5.74, 6) is 0. The Kier molecular flexibility index (Phi) is 3.42. The number of ether oxygens (including phenoxy) is 3. The predicted molar refractivity (Wildman–Crippen MR) is 39.6 cm³/mol. The van der Waals surface area contributed by atoms with E-state index in [0.29, 0.717) is 0 Å². The second-order valence-corrected chi connectivity index (χ2v) is 2.72. The molecule has 0 saturated carbocycles. The predicted octanol–water partition coefficient (Wildman–Crippen LogP) is -1.27. The lowest BCUT2D eigenvalue weighted by Gasteiger charge is -2.11. The van der Waals surface area contributed by atoms with Gasteiger partial charge in [-0.25, -0.2) is 0 Å². The Hall–Kier alpha value is -0.200. The minimum atomic E-state index is -0.991. The van der Waals surface area contributed by atoms with E-state index in [1.807, 2.05) is 0 Å². The van der Waals surface area contributed by atoms with Gasteiger partial charge in [-0.05, 0) is 0 Å². The number of aliphatic hydroxyl groups excluding tert-OH is 2. The third-order valence-electron chi connectivity index (χ3n) is 1.88. The Bertz CT molecular complexity index is 140. The van der Waals surface area contributed by atoms with Gasteiger partial charge in [-0.15, -0.1) is 0 Å². The van der Waals surface area contributed by atoms with Crippen LogP contribution in [0.2, 0.25) is 0 Å². The summed E-state index contributed by atoms with van der Waals surface area (Å²) in [6.07, 6.45) is -3.18. The van der Waals surface area contributed by atoms with Crippen molar-refractivity contribution in [2.24, 2.45) is 0 Å². The first-order valence-corrected chi connectivity index (χ1v) is 3.74. The highest BCUT2D eigenvalue weighted by molar-refractivity contribution is 4.86. The van der Waals surface area contributed by atoms with E-state index in [9.17, 15) is 10.2 Å². The summed E-state index contributed by atoms with van der Waals surface area (Å²) in [6, 6.07) is 0. The molecular weight excluding hydrogens is 164 g/mol. The molecule has 1 rings (SSSR count). The van der Waals surface area contributed by atoms with Gasteiger partial charge in [0.05, 0.1) is 6.61 Å². The molecule has 5 heteroatoms. The van der Waals surface area contributed by atoms with Gasteiger partial charge in [0.15, 0.2) is 6.29 Å². The van der Waals surface area contributed by atoms with Gasteiger partial charge in [0.1, 0.15) is 18.3 Å². The van der Waals surface area contributed by atoms with Crippen LogP contribution in [0, 0.1) is 0 Å². The van der Waals surface area contributed by atoms with Gasteiger partial charge in [-0.3, -0.25) is 0 Å². The molecular formula is C7H14O5. The molecule has 72 valence electrons. The smallest absolute Gasteiger partial charge is 0.186 e. The normalized spacial score (nSPS) is 42.0. The molecule has 1 aliphatic rings. The maximum atomic E-state index is 9.36. The Morgan fingerprint density at radius 3 is 2.33 bits per heavy atom. The highest BCUT2D eigenvalue weighted by atomic mass is 16.7. The molecule has 1 unspecified atom stereocenters. The first-order chi connectivity index (χ1) is 5.70. The van der Waals surface area contributed by atoms with Crippen LogP contribution in [0.4, 0.5) is 0 Å². The monoisotopic (exact) mass is 178 g/mol. The SMILES string of the molecule is COC[C@H]1OC(OC)[C@H](O)[C@@H]1O. The van der Waals surface area contributed by atoms with Crippen LogP contribution in [-0.2, 0) is 14.2 Å². The van der Waals surface area contributed by atoms with Gasteiger partial charge in [0, 0.05) is 14.2 Å². The lowest BCUT2D eigenvalue weighted by Crippen LogP contribution is -2.34.